The predicted octanol–water partition coefficient (Wildman–Crippen LogP) is 5.31. The smallest absolute Gasteiger partial charge is 0.0125 e. The van der Waals surface area contributed by atoms with Crippen LogP contribution in [0, 0.1) is 16.7 Å². The van der Waals surface area contributed by atoms with Crippen molar-refractivity contribution >= 4 is 0 Å². The maximum Gasteiger partial charge on any atom is 0.0125 e. The molecule has 0 spiro atoms. The normalized spacial score (nSPS) is 27.0. The summed E-state index contributed by atoms with van der Waals surface area (Å²) >= 11 is 0. The Bertz CT molecular complexity index is 318. The van der Waals surface area contributed by atoms with Gasteiger partial charge in [0.15, 0.2) is 0 Å². The minimum absolute atomic E-state index is 0.413. The fourth-order valence-corrected chi connectivity index (χ4v) is 4.21. The average Bonchev–Trinajstić information content (AvgIpc) is 3.28. The number of hydrogen-bond acceptors (Lipinski definition) is 3. The molecule has 0 bridgehead atoms. The Morgan fingerprint density at radius 1 is 0.704 bits per heavy atom. The summed E-state index contributed by atoms with van der Waals surface area (Å²) in [5, 5.41) is 6.88. The van der Waals surface area contributed by atoms with Crippen LogP contribution in [0.5, 0.6) is 0 Å². The fourth-order valence-electron chi connectivity index (χ4n) is 4.21. The van der Waals surface area contributed by atoms with E-state index in [4.69, 9.17) is 0 Å². The summed E-state index contributed by atoms with van der Waals surface area (Å²) in [5.41, 5.74) is 1.40. The lowest BCUT2D eigenvalue weighted by atomic mass is 9.80. The lowest BCUT2D eigenvalue weighted by Gasteiger charge is -2.31. The zero-order chi connectivity index (χ0) is 20.7. The molecule has 0 aromatic carbocycles. The van der Waals surface area contributed by atoms with Crippen molar-refractivity contribution in [1.29, 1.82) is 0 Å². The van der Waals surface area contributed by atoms with Gasteiger partial charge in [-0.15, -0.1) is 0 Å². The van der Waals surface area contributed by atoms with Gasteiger partial charge in [-0.2, -0.15) is 0 Å². The van der Waals surface area contributed by atoms with E-state index >= 15 is 0 Å². The van der Waals surface area contributed by atoms with Gasteiger partial charge in [0.05, 0.1) is 0 Å². The van der Waals surface area contributed by atoms with Crippen LogP contribution in [0.25, 0.3) is 0 Å². The van der Waals surface area contributed by atoms with Crippen molar-refractivity contribution in [2.75, 3.05) is 32.7 Å². The molecule has 3 heterocycles. The molecule has 3 nitrogen and oxygen atoms in total. The SMILES string of the molecule is CC(C)(C)C1CCCN1.CC(C)(C)C1CCNC1.CC(C)(C)N1CCCC1. The van der Waals surface area contributed by atoms with Crippen LogP contribution in [0.3, 0.4) is 0 Å². The van der Waals surface area contributed by atoms with Crippen LogP contribution in [-0.4, -0.2) is 49.2 Å². The highest BCUT2D eigenvalue weighted by Crippen LogP contribution is 2.30. The van der Waals surface area contributed by atoms with E-state index in [0.29, 0.717) is 16.4 Å². The van der Waals surface area contributed by atoms with Crippen molar-refractivity contribution in [3.63, 3.8) is 0 Å². The van der Waals surface area contributed by atoms with Crippen LogP contribution in [-0.2, 0) is 0 Å². The Morgan fingerprint density at radius 2 is 1.30 bits per heavy atom. The monoisotopic (exact) mass is 381 g/mol. The molecule has 27 heavy (non-hydrogen) atoms. The molecule has 0 aromatic rings. The zero-order valence-electron chi connectivity index (χ0n) is 20.2. The van der Waals surface area contributed by atoms with Crippen molar-refractivity contribution in [3.8, 4) is 0 Å². The average molecular weight is 382 g/mol. The van der Waals surface area contributed by atoms with Crippen LogP contribution < -0.4 is 10.6 Å². The molecule has 0 aliphatic carbocycles. The molecule has 3 aliphatic heterocycles. The molecular weight excluding hydrogens is 330 g/mol. The molecule has 2 N–H and O–H groups in total. The third kappa shape index (κ3) is 9.76. The van der Waals surface area contributed by atoms with E-state index in [-0.39, 0.29) is 0 Å². The number of nitrogens with zero attached hydrogens (tertiary/aromatic N) is 1. The Balaban J connectivity index is 0.000000202. The lowest BCUT2D eigenvalue weighted by Crippen LogP contribution is -2.38. The molecule has 2 atom stereocenters. The molecule has 3 heteroatoms. The van der Waals surface area contributed by atoms with Crippen molar-refractivity contribution in [3.05, 3.63) is 0 Å². The summed E-state index contributed by atoms with van der Waals surface area (Å²) in [7, 11) is 0. The lowest BCUT2D eigenvalue weighted by molar-refractivity contribution is 0.175. The van der Waals surface area contributed by atoms with Crippen molar-refractivity contribution in [2.45, 2.75) is 106 Å². The first-order valence-corrected chi connectivity index (χ1v) is 11.5. The van der Waals surface area contributed by atoms with Crippen LogP contribution in [0.1, 0.15) is 94.4 Å². The largest absolute Gasteiger partial charge is 0.316 e. The molecule has 0 saturated carbocycles. The molecule has 162 valence electrons. The maximum absolute atomic E-state index is 3.50. The van der Waals surface area contributed by atoms with Crippen LogP contribution in [0.2, 0.25) is 0 Å². The summed E-state index contributed by atoms with van der Waals surface area (Å²) in [6.07, 6.45) is 6.89. The third-order valence-electron chi connectivity index (χ3n) is 6.45. The van der Waals surface area contributed by atoms with Gasteiger partial charge >= 0.3 is 0 Å². The summed E-state index contributed by atoms with van der Waals surface area (Å²) < 4.78 is 0. The van der Waals surface area contributed by atoms with Crippen LogP contribution >= 0.6 is 0 Å². The number of rotatable bonds is 0. The van der Waals surface area contributed by atoms with Gasteiger partial charge < -0.3 is 10.6 Å². The third-order valence-corrected chi connectivity index (χ3v) is 6.45. The highest BCUT2D eigenvalue weighted by molar-refractivity contribution is 4.84. The van der Waals surface area contributed by atoms with Gasteiger partial charge in [-0.25, -0.2) is 0 Å². The summed E-state index contributed by atoms with van der Waals surface area (Å²) in [6, 6.07) is 0.762. The predicted molar refractivity (Wildman–Crippen MR) is 121 cm³/mol. The second kappa shape index (κ2) is 10.6. The standard InChI is InChI=1S/3C8H17N/c1-8(2,3)7-4-5-9-6-7;1-8(2,3)9-6-4-5-7-9;1-8(2,3)7-5-4-6-9-7/h7,9H,4-6H2,1-3H3;4-7H2,1-3H3;7,9H,4-6H2,1-3H3. The van der Waals surface area contributed by atoms with Crippen LogP contribution in [0.4, 0.5) is 0 Å². The van der Waals surface area contributed by atoms with Gasteiger partial charge in [0.1, 0.15) is 0 Å². The van der Waals surface area contributed by atoms with E-state index < -0.39 is 0 Å². The molecule has 0 radical (unpaired) electrons. The molecule has 0 amide bonds. The van der Waals surface area contributed by atoms with Crippen LogP contribution in [0.15, 0.2) is 0 Å². The van der Waals surface area contributed by atoms with Gasteiger partial charge in [-0.3, -0.25) is 4.90 Å². The molecule has 3 saturated heterocycles. The highest BCUT2D eigenvalue weighted by atomic mass is 15.2. The van der Waals surface area contributed by atoms with Gasteiger partial charge in [0.25, 0.3) is 0 Å². The van der Waals surface area contributed by atoms with E-state index in [1.54, 1.807) is 0 Å². The fraction of sp³-hybridized carbons (Fsp3) is 1.00. The first kappa shape index (κ1) is 24.9. The van der Waals surface area contributed by atoms with Crippen molar-refractivity contribution < 1.29 is 0 Å². The highest BCUT2D eigenvalue weighted by Gasteiger charge is 2.27. The number of nitrogens with one attached hydrogen (secondary N) is 2. The van der Waals surface area contributed by atoms with E-state index in [1.165, 1.54) is 64.8 Å². The molecule has 0 aromatic heterocycles. The molecule has 3 fully saturated rings. The van der Waals surface area contributed by atoms with Gasteiger partial charge in [0, 0.05) is 11.6 Å². The Labute approximate surface area is 171 Å². The second-order valence-electron chi connectivity index (χ2n) is 11.9. The van der Waals surface area contributed by atoms with Crippen molar-refractivity contribution in [2.24, 2.45) is 16.7 Å². The quantitative estimate of drug-likeness (QED) is 0.595. The van der Waals surface area contributed by atoms with Gasteiger partial charge in [-0.05, 0) is 102 Å². The molecular formula is C24H51N3. The van der Waals surface area contributed by atoms with E-state index in [1.807, 2.05) is 0 Å². The topological polar surface area (TPSA) is 27.3 Å². The summed E-state index contributed by atoms with van der Waals surface area (Å²) in [6.45, 7) is 27.0. The van der Waals surface area contributed by atoms with E-state index in [9.17, 15) is 0 Å². The van der Waals surface area contributed by atoms with E-state index in [0.717, 1.165) is 12.0 Å². The molecule has 2 unspecified atom stereocenters. The summed E-state index contributed by atoms with van der Waals surface area (Å²) in [4.78, 5) is 2.55. The Morgan fingerprint density at radius 3 is 1.52 bits per heavy atom. The second-order valence-corrected chi connectivity index (χ2v) is 11.9. The number of likely N-dealkylation sites (tertiary alicyclic amines) is 1. The molecule has 3 aliphatic rings. The van der Waals surface area contributed by atoms with E-state index in [2.05, 4.69) is 77.8 Å². The maximum atomic E-state index is 3.50. The van der Waals surface area contributed by atoms with Gasteiger partial charge in [0.2, 0.25) is 0 Å². The minimum Gasteiger partial charge on any atom is -0.316 e. The van der Waals surface area contributed by atoms with Gasteiger partial charge in [-0.1, -0.05) is 41.5 Å². The molecule has 3 rings (SSSR count). The minimum atomic E-state index is 0.413. The first-order valence-electron chi connectivity index (χ1n) is 11.5. The van der Waals surface area contributed by atoms with Crippen molar-refractivity contribution in [1.82, 2.24) is 15.5 Å². The first-order chi connectivity index (χ1) is 12.3. The summed E-state index contributed by atoms with van der Waals surface area (Å²) in [5.74, 6) is 0.900. The number of hydrogen-bond donors (Lipinski definition) is 2. The Hall–Kier alpha value is -0.120. The Kier molecular flexibility index (Phi) is 9.78. The zero-order valence-corrected chi connectivity index (χ0v) is 20.2.